The number of rotatable bonds is 2. The molecule has 0 aliphatic heterocycles. The van der Waals surface area contributed by atoms with Crippen molar-refractivity contribution in [2.24, 2.45) is 5.73 Å². The van der Waals surface area contributed by atoms with Crippen LogP contribution in [0.4, 0.5) is 10.1 Å². The van der Waals surface area contributed by atoms with Gasteiger partial charge >= 0.3 is 0 Å². The van der Waals surface area contributed by atoms with Crippen molar-refractivity contribution in [3.63, 3.8) is 0 Å². The molecular weight excluding hydrogens is 211 g/mol. The summed E-state index contributed by atoms with van der Waals surface area (Å²) < 4.78 is 13.7. The molecule has 2 N–H and O–H groups in total. The van der Waals surface area contributed by atoms with Gasteiger partial charge in [-0.15, -0.1) is 0 Å². The monoisotopic (exact) mass is 224 g/mol. The molecule has 5 heteroatoms. The molecule has 0 bridgehead atoms. The standard InChI is InChI=1S/C11H13FN2O2/c12-8-4-3-5-9(14(15)16)10(8)11(13)6-1-2-7-11/h3-5H,1-2,6-7,13H2. The predicted molar refractivity (Wildman–Crippen MR) is 57.4 cm³/mol. The highest BCUT2D eigenvalue weighted by Crippen LogP contribution is 2.41. The average molecular weight is 224 g/mol. The Balaban J connectivity index is 2.57. The van der Waals surface area contributed by atoms with Crippen molar-refractivity contribution >= 4 is 5.69 Å². The molecule has 1 aliphatic rings. The van der Waals surface area contributed by atoms with Crippen LogP contribution in [0.3, 0.4) is 0 Å². The molecule has 86 valence electrons. The third-order valence-corrected chi connectivity index (χ3v) is 3.18. The number of nitrogens with two attached hydrogens (primary N) is 1. The Morgan fingerprint density at radius 2 is 2.00 bits per heavy atom. The molecule has 1 fully saturated rings. The normalized spacial score (nSPS) is 18.6. The maximum Gasteiger partial charge on any atom is 0.277 e. The van der Waals surface area contributed by atoms with Gasteiger partial charge in [0, 0.05) is 6.07 Å². The van der Waals surface area contributed by atoms with Gasteiger partial charge in [-0.2, -0.15) is 0 Å². The summed E-state index contributed by atoms with van der Waals surface area (Å²) in [6.45, 7) is 0. The van der Waals surface area contributed by atoms with Gasteiger partial charge in [0.1, 0.15) is 5.82 Å². The Morgan fingerprint density at radius 1 is 1.38 bits per heavy atom. The molecule has 2 rings (SSSR count). The minimum atomic E-state index is -0.867. The fourth-order valence-electron chi connectivity index (χ4n) is 2.41. The SMILES string of the molecule is NC1(c2c(F)cccc2[N+](=O)[O-])CCCC1. The van der Waals surface area contributed by atoms with E-state index < -0.39 is 16.3 Å². The summed E-state index contributed by atoms with van der Waals surface area (Å²) in [5.41, 5.74) is 5.07. The summed E-state index contributed by atoms with van der Waals surface area (Å²) in [6.07, 6.45) is 2.99. The molecule has 0 saturated heterocycles. The highest BCUT2D eigenvalue weighted by molar-refractivity contribution is 5.46. The lowest BCUT2D eigenvalue weighted by atomic mass is 9.87. The van der Waals surface area contributed by atoms with E-state index in [1.165, 1.54) is 18.2 Å². The van der Waals surface area contributed by atoms with Gasteiger partial charge < -0.3 is 5.73 Å². The molecule has 0 spiro atoms. The fourth-order valence-corrected chi connectivity index (χ4v) is 2.41. The van der Waals surface area contributed by atoms with E-state index in [-0.39, 0.29) is 11.3 Å². The van der Waals surface area contributed by atoms with Crippen molar-refractivity contribution in [2.45, 2.75) is 31.2 Å². The molecule has 0 radical (unpaired) electrons. The number of hydrogen-bond acceptors (Lipinski definition) is 3. The predicted octanol–water partition coefficient (Wildman–Crippen LogP) is 2.46. The van der Waals surface area contributed by atoms with Crippen molar-refractivity contribution < 1.29 is 9.31 Å². The Morgan fingerprint density at radius 3 is 2.56 bits per heavy atom. The maximum atomic E-state index is 13.7. The third kappa shape index (κ3) is 1.67. The first-order chi connectivity index (χ1) is 7.54. The van der Waals surface area contributed by atoms with Crippen LogP contribution in [0.15, 0.2) is 18.2 Å². The second kappa shape index (κ2) is 3.83. The molecule has 0 unspecified atom stereocenters. The number of nitro groups is 1. The van der Waals surface area contributed by atoms with E-state index in [9.17, 15) is 14.5 Å². The quantitative estimate of drug-likeness (QED) is 0.619. The van der Waals surface area contributed by atoms with Crippen LogP contribution in [-0.2, 0) is 5.54 Å². The first kappa shape index (κ1) is 11.0. The Bertz CT molecular complexity index is 428. The topological polar surface area (TPSA) is 69.2 Å². The lowest BCUT2D eigenvalue weighted by Gasteiger charge is -2.24. The maximum absolute atomic E-state index is 13.7. The van der Waals surface area contributed by atoms with Gasteiger partial charge in [0.25, 0.3) is 5.69 Å². The van der Waals surface area contributed by atoms with Crippen LogP contribution in [0.1, 0.15) is 31.2 Å². The molecule has 1 aromatic rings. The van der Waals surface area contributed by atoms with Crippen LogP contribution in [0.5, 0.6) is 0 Å². The van der Waals surface area contributed by atoms with Crippen LogP contribution in [0.25, 0.3) is 0 Å². The van der Waals surface area contributed by atoms with Crippen molar-refractivity contribution in [3.05, 3.63) is 39.7 Å². The first-order valence-electron chi connectivity index (χ1n) is 5.27. The van der Waals surface area contributed by atoms with Crippen LogP contribution in [0, 0.1) is 15.9 Å². The highest BCUT2D eigenvalue weighted by Gasteiger charge is 2.39. The van der Waals surface area contributed by atoms with Crippen molar-refractivity contribution in [1.82, 2.24) is 0 Å². The van der Waals surface area contributed by atoms with Gasteiger partial charge in [0.05, 0.1) is 16.0 Å². The molecule has 1 aromatic carbocycles. The molecule has 0 atom stereocenters. The minimum Gasteiger partial charge on any atom is -0.321 e. The number of halogens is 1. The zero-order valence-corrected chi connectivity index (χ0v) is 8.78. The smallest absolute Gasteiger partial charge is 0.277 e. The number of nitro benzene ring substituents is 1. The lowest BCUT2D eigenvalue weighted by molar-refractivity contribution is -0.386. The summed E-state index contributed by atoms with van der Waals surface area (Å²) in [7, 11) is 0. The molecular formula is C11H13FN2O2. The van der Waals surface area contributed by atoms with E-state index in [0.29, 0.717) is 12.8 Å². The lowest BCUT2D eigenvalue weighted by Crippen LogP contribution is -2.35. The van der Waals surface area contributed by atoms with Crippen LogP contribution in [-0.4, -0.2) is 4.92 Å². The molecule has 0 aromatic heterocycles. The molecule has 16 heavy (non-hydrogen) atoms. The summed E-state index contributed by atoms with van der Waals surface area (Å²) in [5.74, 6) is -0.571. The highest BCUT2D eigenvalue weighted by atomic mass is 19.1. The second-order valence-corrected chi connectivity index (χ2v) is 4.25. The minimum absolute atomic E-state index is 0.0671. The number of hydrogen-bond donors (Lipinski definition) is 1. The summed E-state index contributed by atoms with van der Waals surface area (Å²) in [5, 5.41) is 10.9. The Hall–Kier alpha value is -1.49. The second-order valence-electron chi connectivity index (χ2n) is 4.25. The van der Waals surface area contributed by atoms with E-state index in [1.807, 2.05) is 0 Å². The average Bonchev–Trinajstić information content (AvgIpc) is 2.65. The van der Waals surface area contributed by atoms with Crippen LogP contribution < -0.4 is 5.73 Å². The van der Waals surface area contributed by atoms with E-state index in [0.717, 1.165) is 12.8 Å². The van der Waals surface area contributed by atoms with Crippen LogP contribution in [0.2, 0.25) is 0 Å². The molecule has 0 amide bonds. The third-order valence-electron chi connectivity index (χ3n) is 3.18. The van der Waals surface area contributed by atoms with Gasteiger partial charge in [-0.25, -0.2) is 4.39 Å². The van der Waals surface area contributed by atoms with Gasteiger partial charge in [-0.05, 0) is 18.9 Å². The Labute approximate surface area is 92.4 Å². The van der Waals surface area contributed by atoms with E-state index in [1.54, 1.807) is 0 Å². The number of benzene rings is 1. The first-order valence-corrected chi connectivity index (χ1v) is 5.27. The molecule has 4 nitrogen and oxygen atoms in total. The van der Waals surface area contributed by atoms with Gasteiger partial charge in [0.15, 0.2) is 0 Å². The molecule has 1 saturated carbocycles. The van der Waals surface area contributed by atoms with E-state index in [2.05, 4.69) is 0 Å². The fraction of sp³-hybridized carbons (Fsp3) is 0.455. The van der Waals surface area contributed by atoms with Crippen molar-refractivity contribution in [3.8, 4) is 0 Å². The largest absolute Gasteiger partial charge is 0.321 e. The van der Waals surface area contributed by atoms with Gasteiger partial charge in [-0.3, -0.25) is 10.1 Å². The number of nitrogens with zero attached hydrogens (tertiary/aromatic N) is 1. The van der Waals surface area contributed by atoms with Crippen LogP contribution >= 0.6 is 0 Å². The van der Waals surface area contributed by atoms with Gasteiger partial charge in [0.2, 0.25) is 0 Å². The summed E-state index contributed by atoms with van der Waals surface area (Å²) >= 11 is 0. The zero-order chi connectivity index (χ0) is 11.8. The van der Waals surface area contributed by atoms with Crippen molar-refractivity contribution in [2.75, 3.05) is 0 Å². The summed E-state index contributed by atoms with van der Waals surface area (Å²) in [4.78, 5) is 10.3. The van der Waals surface area contributed by atoms with E-state index in [4.69, 9.17) is 5.73 Å². The van der Waals surface area contributed by atoms with Crippen molar-refractivity contribution in [1.29, 1.82) is 0 Å². The Kier molecular flexibility index (Phi) is 2.63. The van der Waals surface area contributed by atoms with E-state index >= 15 is 0 Å². The van der Waals surface area contributed by atoms with Gasteiger partial charge in [-0.1, -0.05) is 18.9 Å². The molecule has 0 heterocycles. The summed E-state index contributed by atoms with van der Waals surface area (Å²) in [6, 6.07) is 3.88. The zero-order valence-electron chi connectivity index (χ0n) is 8.78. The molecule has 1 aliphatic carbocycles.